The monoisotopic (exact) mass is 364 g/mol. The number of carbonyl (C=O) groups is 1. The molecule has 0 aliphatic heterocycles. The molecule has 3 aromatic rings. The molecule has 1 amide bonds. The zero-order chi connectivity index (χ0) is 18.2. The van der Waals surface area contributed by atoms with E-state index in [1.54, 1.807) is 30.5 Å². The Kier molecular flexibility index (Phi) is 6.01. The first-order valence-corrected chi connectivity index (χ1v) is 8.45. The second-order valence-electron chi connectivity index (χ2n) is 5.52. The third-order valence-corrected chi connectivity index (χ3v) is 3.96. The van der Waals surface area contributed by atoms with Crippen molar-refractivity contribution in [2.75, 3.05) is 0 Å². The molecule has 1 N–H and O–H groups in total. The highest BCUT2D eigenvalue weighted by Crippen LogP contribution is 2.15. The van der Waals surface area contributed by atoms with Gasteiger partial charge in [0, 0.05) is 0 Å². The predicted molar refractivity (Wildman–Crippen MR) is 104 cm³/mol. The largest absolute Gasteiger partial charge is 0.489 e. The molecule has 0 saturated carbocycles. The van der Waals surface area contributed by atoms with E-state index in [1.807, 2.05) is 54.6 Å². The van der Waals surface area contributed by atoms with Crippen molar-refractivity contribution in [3.63, 3.8) is 0 Å². The minimum atomic E-state index is -0.352. The summed E-state index contributed by atoms with van der Waals surface area (Å²) in [5.74, 6) is 0.417. The van der Waals surface area contributed by atoms with Gasteiger partial charge in [0.25, 0.3) is 5.91 Å². The third-order valence-electron chi connectivity index (χ3n) is 3.63. The summed E-state index contributed by atoms with van der Waals surface area (Å²) in [7, 11) is 0. The van der Waals surface area contributed by atoms with Crippen molar-refractivity contribution in [1.29, 1.82) is 0 Å². The smallest absolute Gasteiger partial charge is 0.272 e. The summed E-state index contributed by atoms with van der Waals surface area (Å²) in [6.45, 7) is 0.516. The molecule has 3 rings (SSSR count). The zero-order valence-electron chi connectivity index (χ0n) is 13.9. The molecule has 0 heterocycles. The molecular weight excluding hydrogens is 348 g/mol. The molecule has 0 unspecified atom stereocenters. The Bertz CT molecular complexity index is 893. The molecule has 0 bridgehead atoms. The summed E-state index contributed by atoms with van der Waals surface area (Å²) in [5, 5.41) is 4.35. The lowest BCUT2D eigenvalue weighted by Gasteiger charge is -2.06. The van der Waals surface area contributed by atoms with Crippen LogP contribution >= 0.6 is 11.6 Å². The molecule has 0 saturated heterocycles. The molecule has 0 atom stereocenters. The maximum atomic E-state index is 12.0. The number of hydrogen-bond acceptors (Lipinski definition) is 3. The zero-order valence-corrected chi connectivity index (χ0v) is 14.7. The number of ether oxygens (including phenoxy) is 1. The minimum absolute atomic E-state index is 0.352. The topological polar surface area (TPSA) is 50.7 Å². The van der Waals surface area contributed by atoms with E-state index in [0.29, 0.717) is 17.2 Å². The van der Waals surface area contributed by atoms with E-state index in [-0.39, 0.29) is 5.91 Å². The molecule has 26 heavy (non-hydrogen) atoms. The van der Waals surface area contributed by atoms with Crippen LogP contribution in [0.2, 0.25) is 5.02 Å². The lowest BCUT2D eigenvalue weighted by atomic mass is 10.2. The van der Waals surface area contributed by atoms with Crippen molar-refractivity contribution in [3.8, 4) is 5.75 Å². The number of carbonyl (C=O) groups excluding carboxylic acids is 1. The second-order valence-corrected chi connectivity index (χ2v) is 5.93. The van der Waals surface area contributed by atoms with Gasteiger partial charge in [-0.3, -0.25) is 4.79 Å². The first-order chi connectivity index (χ1) is 12.7. The maximum Gasteiger partial charge on any atom is 0.272 e. The van der Waals surface area contributed by atoms with Gasteiger partial charge in [-0.2, -0.15) is 5.10 Å². The third kappa shape index (κ3) is 4.94. The van der Waals surface area contributed by atoms with Gasteiger partial charge in [-0.25, -0.2) is 5.43 Å². The molecule has 0 aliphatic carbocycles. The first kappa shape index (κ1) is 17.7. The predicted octanol–water partition coefficient (Wildman–Crippen LogP) is 4.68. The average molecular weight is 365 g/mol. The van der Waals surface area contributed by atoms with Gasteiger partial charge in [0.05, 0.1) is 16.8 Å². The Morgan fingerprint density at radius 3 is 2.38 bits per heavy atom. The molecule has 5 heteroatoms. The van der Waals surface area contributed by atoms with Gasteiger partial charge in [0.15, 0.2) is 0 Å². The minimum Gasteiger partial charge on any atom is -0.489 e. The van der Waals surface area contributed by atoms with E-state index in [2.05, 4.69) is 10.5 Å². The molecule has 130 valence electrons. The summed E-state index contributed by atoms with van der Waals surface area (Å²) in [6.07, 6.45) is 1.57. The highest BCUT2D eigenvalue weighted by atomic mass is 35.5. The number of halogens is 1. The lowest BCUT2D eigenvalue weighted by Crippen LogP contribution is -2.17. The fourth-order valence-electron chi connectivity index (χ4n) is 2.26. The molecule has 0 fully saturated rings. The van der Waals surface area contributed by atoms with Crippen LogP contribution in [-0.2, 0) is 6.61 Å². The summed E-state index contributed by atoms with van der Waals surface area (Å²) >= 11 is 5.98. The second kappa shape index (κ2) is 8.83. The van der Waals surface area contributed by atoms with Crippen molar-refractivity contribution in [2.45, 2.75) is 6.61 Å². The van der Waals surface area contributed by atoms with E-state index < -0.39 is 0 Å². The van der Waals surface area contributed by atoms with Crippen molar-refractivity contribution in [1.82, 2.24) is 5.43 Å². The quantitative estimate of drug-likeness (QED) is 0.510. The van der Waals surface area contributed by atoms with Gasteiger partial charge >= 0.3 is 0 Å². The number of rotatable bonds is 6. The summed E-state index contributed by atoms with van der Waals surface area (Å²) < 4.78 is 5.73. The standard InChI is InChI=1S/C21H17ClN2O2/c22-20-9-5-4-8-19(20)21(25)24-23-14-16-10-12-18(13-11-16)26-15-17-6-2-1-3-7-17/h1-14H,15H2,(H,24,25). The molecular formula is C21H17ClN2O2. The van der Waals surface area contributed by atoms with E-state index >= 15 is 0 Å². The summed E-state index contributed by atoms with van der Waals surface area (Å²) in [4.78, 5) is 12.0. The van der Waals surface area contributed by atoms with Crippen molar-refractivity contribution in [2.24, 2.45) is 5.10 Å². The number of nitrogens with zero attached hydrogens (tertiary/aromatic N) is 1. The van der Waals surface area contributed by atoms with E-state index in [1.165, 1.54) is 0 Å². The lowest BCUT2D eigenvalue weighted by molar-refractivity contribution is 0.0955. The average Bonchev–Trinajstić information content (AvgIpc) is 2.68. The van der Waals surface area contributed by atoms with Crippen molar-refractivity contribution in [3.05, 3.63) is 101 Å². The van der Waals surface area contributed by atoms with E-state index in [4.69, 9.17) is 16.3 Å². The highest BCUT2D eigenvalue weighted by Gasteiger charge is 2.07. The van der Waals surface area contributed by atoms with E-state index in [9.17, 15) is 4.79 Å². The summed E-state index contributed by atoms with van der Waals surface area (Å²) in [6, 6.07) is 24.2. The number of amides is 1. The fourth-order valence-corrected chi connectivity index (χ4v) is 2.48. The number of hydrazone groups is 1. The van der Waals surface area contributed by atoms with Crippen LogP contribution in [0, 0.1) is 0 Å². The highest BCUT2D eigenvalue weighted by molar-refractivity contribution is 6.33. The molecule has 3 aromatic carbocycles. The van der Waals surface area contributed by atoms with Crippen LogP contribution in [0.15, 0.2) is 84.0 Å². The van der Waals surface area contributed by atoms with E-state index in [0.717, 1.165) is 16.9 Å². The SMILES string of the molecule is O=C(NN=Cc1ccc(OCc2ccccc2)cc1)c1ccccc1Cl. The Balaban J connectivity index is 1.53. The number of hydrogen-bond donors (Lipinski definition) is 1. The maximum absolute atomic E-state index is 12.0. The fraction of sp³-hybridized carbons (Fsp3) is 0.0476. The number of benzene rings is 3. The molecule has 4 nitrogen and oxygen atoms in total. The Morgan fingerprint density at radius 2 is 1.65 bits per heavy atom. The van der Waals surface area contributed by atoms with Gasteiger partial charge < -0.3 is 4.74 Å². The van der Waals surface area contributed by atoms with Gasteiger partial charge in [-0.05, 0) is 47.5 Å². The van der Waals surface area contributed by atoms with Crippen LogP contribution in [-0.4, -0.2) is 12.1 Å². The van der Waals surface area contributed by atoms with Gasteiger partial charge in [-0.15, -0.1) is 0 Å². The molecule has 0 aromatic heterocycles. The van der Waals surface area contributed by atoms with Crippen molar-refractivity contribution >= 4 is 23.7 Å². The van der Waals surface area contributed by atoms with Crippen LogP contribution < -0.4 is 10.2 Å². The normalized spacial score (nSPS) is 10.7. The Morgan fingerprint density at radius 1 is 0.962 bits per heavy atom. The summed E-state index contributed by atoms with van der Waals surface area (Å²) in [5.41, 5.74) is 4.81. The van der Waals surface area contributed by atoms with Gasteiger partial charge in [-0.1, -0.05) is 54.1 Å². The molecule has 0 aliphatic rings. The number of nitrogens with one attached hydrogen (secondary N) is 1. The Hall–Kier alpha value is -3.11. The van der Waals surface area contributed by atoms with Crippen LogP contribution in [0.1, 0.15) is 21.5 Å². The van der Waals surface area contributed by atoms with Crippen molar-refractivity contribution < 1.29 is 9.53 Å². The molecule has 0 spiro atoms. The van der Waals surface area contributed by atoms with Crippen LogP contribution in [0.25, 0.3) is 0 Å². The van der Waals surface area contributed by atoms with Crippen LogP contribution in [0.5, 0.6) is 5.75 Å². The van der Waals surface area contributed by atoms with Gasteiger partial charge in [0.1, 0.15) is 12.4 Å². The molecule has 0 radical (unpaired) electrons. The van der Waals surface area contributed by atoms with Crippen LogP contribution in [0.4, 0.5) is 0 Å². The van der Waals surface area contributed by atoms with Crippen LogP contribution in [0.3, 0.4) is 0 Å². The Labute approximate surface area is 157 Å². The van der Waals surface area contributed by atoms with Gasteiger partial charge in [0.2, 0.25) is 0 Å². The first-order valence-electron chi connectivity index (χ1n) is 8.07.